The molecule has 9 heteroatoms. The zero-order chi connectivity index (χ0) is 20.3. The molecule has 2 aromatic heterocycles. The van der Waals surface area contributed by atoms with Gasteiger partial charge in [-0.25, -0.2) is 4.68 Å². The molecule has 2 aromatic rings. The Bertz CT molecular complexity index is 888. The summed E-state index contributed by atoms with van der Waals surface area (Å²) in [7, 11) is 3.24. The van der Waals surface area contributed by atoms with E-state index in [-0.39, 0.29) is 23.6 Å². The SMILES string of the molecule is COc1nn(C)cc1C(=O)NCC1CCCCN1c1ccc(=O)n(C(C)C)n1. The highest BCUT2D eigenvalue weighted by atomic mass is 16.5. The number of nitrogens with zero attached hydrogens (tertiary/aromatic N) is 5. The van der Waals surface area contributed by atoms with Gasteiger partial charge in [0, 0.05) is 38.4 Å². The first-order chi connectivity index (χ1) is 13.4. The van der Waals surface area contributed by atoms with E-state index in [1.54, 1.807) is 30.1 Å². The average Bonchev–Trinajstić information content (AvgIpc) is 3.07. The second-order valence-electron chi connectivity index (χ2n) is 7.35. The Labute approximate surface area is 164 Å². The average molecular weight is 388 g/mol. The molecule has 9 nitrogen and oxygen atoms in total. The smallest absolute Gasteiger partial charge is 0.267 e. The molecule has 0 spiro atoms. The van der Waals surface area contributed by atoms with Crippen LogP contribution in [0.5, 0.6) is 5.88 Å². The molecular formula is C19H28N6O3. The molecule has 152 valence electrons. The molecule has 1 atom stereocenters. The van der Waals surface area contributed by atoms with Crippen molar-refractivity contribution < 1.29 is 9.53 Å². The van der Waals surface area contributed by atoms with Gasteiger partial charge in [0.2, 0.25) is 5.88 Å². The second-order valence-corrected chi connectivity index (χ2v) is 7.35. The van der Waals surface area contributed by atoms with Gasteiger partial charge < -0.3 is 15.0 Å². The van der Waals surface area contributed by atoms with Crippen LogP contribution in [0.3, 0.4) is 0 Å². The highest BCUT2D eigenvalue weighted by Crippen LogP contribution is 2.23. The maximum atomic E-state index is 12.6. The molecule has 0 saturated carbocycles. The van der Waals surface area contributed by atoms with E-state index < -0.39 is 0 Å². The molecule has 1 aliphatic heterocycles. The fourth-order valence-electron chi connectivity index (χ4n) is 3.53. The van der Waals surface area contributed by atoms with Gasteiger partial charge >= 0.3 is 0 Å². The van der Waals surface area contributed by atoms with Crippen LogP contribution < -0.4 is 20.5 Å². The lowest BCUT2D eigenvalue weighted by Crippen LogP contribution is -2.47. The van der Waals surface area contributed by atoms with Crippen molar-refractivity contribution in [2.24, 2.45) is 7.05 Å². The molecule has 0 radical (unpaired) electrons. The van der Waals surface area contributed by atoms with Gasteiger partial charge in [0.15, 0.2) is 0 Å². The number of anilines is 1. The van der Waals surface area contributed by atoms with Crippen LogP contribution in [0.4, 0.5) is 5.82 Å². The molecule has 1 amide bonds. The molecule has 28 heavy (non-hydrogen) atoms. The number of methoxy groups -OCH3 is 1. The van der Waals surface area contributed by atoms with Crippen molar-refractivity contribution in [1.82, 2.24) is 24.9 Å². The van der Waals surface area contributed by atoms with E-state index in [9.17, 15) is 9.59 Å². The summed E-state index contributed by atoms with van der Waals surface area (Å²) in [5.74, 6) is 0.868. The third-order valence-electron chi connectivity index (χ3n) is 4.95. The number of carbonyl (C=O) groups excluding carboxylic acids is 1. The summed E-state index contributed by atoms with van der Waals surface area (Å²) in [6, 6.07) is 3.44. The van der Waals surface area contributed by atoms with Crippen molar-refractivity contribution in [3.8, 4) is 5.88 Å². The van der Waals surface area contributed by atoms with Crippen LogP contribution in [0.25, 0.3) is 0 Å². The van der Waals surface area contributed by atoms with Crippen molar-refractivity contribution in [2.45, 2.75) is 45.2 Å². The van der Waals surface area contributed by atoms with Crippen LogP contribution >= 0.6 is 0 Å². The Morgan fingerprint density at radius 2 is 2.11 bits per heavy atom. The third-order valence-corrected chi connectivity index (χ3v) is 4.95. The quantitative estimate of drug-likeness (QED) is 0.803. The van der Waals surface area contributed by atoms with Crippen molar-refractivity contribution in [3.63, 3.8) is 0 Å². The first kappa shape index (κ1) is 19.9. The summed E-state index contributed by atoms with van der Waals surface area (Å²) in [5, 5.41) is 11.7. The van der Waals surface area contributed by atoms with E-state index in [0.717, 1.165) is 31.6 Å². The van der Waals surface area contributed by atoms with Crippen molar-refractivity contribution in [2.75, 3.05) is 25.1 Å². The Hall–Kier alpha value is -2.84. The van der Waals surface area contributed by atoms with Crippen LogP contribution in [-0.4, -0.2) is 51.7 Å². The molecule has 1 N–H and O–H groups in total. The standard InChI is InChI=1S/C19H28N6O3/c1-13(2)25-17(26)9-8-16(21-25)24-10-6-5-7-14(24)11-20-18(27)15-12-23(3)22-19(15)28-4/h8-9,12-14H,5-7,10-11H2,1-4H3,(H,20,27). The Morgan fingerprint density at radius 1 is 1.32 bits per heavy atom. The summed E-state index contributed by atoms with van der Waals surface area (Å²) in [6.07, 6.45) is 4.75. The molecular weight excluding hydrogens is 360 g/mol. The van der Waals surface area contributed by atoms with Crippen LogP contribution in [0, 0.1) is 0 Å². The number of piperidine rings is 1. The van der Waals surface area contributed by atoms with E-state index in [1.165, 1.54) is 11.8 Å². The van der Waals surface area contributed by atoms with Crippen LogP contribution in [0.1, 0.15) is 49.5 Å². The van der Waals surface area contributed by atoms with E-state index >= 15 is 0 Å². The minimum Gasteiger partial charge on any atom is -0.479 e. The number of hydrogen-bond acceptors (Lipinski definition) is 6. The van der Waals surface area contributed by atoms with E-state index in [0.29, 0.717) is 18.0 Å². The number of ether oxygens (including phenoxy) is 1. The molecule has 3 heterocycles. The minimum atomic E-state index is -0.212. The molecule has 1 saturated heterocycles. The summed E-state index contributed by atoms with van der Waals surface area (Å²) in [4.78, 5) is 26.8. The van der Waals surface area contributed by atoms with Crippen molar-refractivity contribution >= 4 is 11.7 Å². The summed E-state index contributed by atoms with van der Waals surface area (Å²) in [5.41, 5.74) is 0.308. The number of aromatic nitrogens is 4. The number of hydrogen-bond donors (Lipinski definition) is 1. The monoisotopic (exact) mass is 388 g/mol. The highest BCUT2D eigenvalue weighted by molar-refractivity contribution is 5.96. The lowest BCUT2D eigenvalue weighted by Gasteiger charge is -2.36. The number of rotatable bonds is 6. The first-order valence-electron chi connectivity index (χ1n) is 9.63. The summed E-state index contributed by atoms with van der Waals surface area (Å²) < 4.78 is 8.23. The third kappa shape index (κ3) is 4.18. The topological polar surface area (TPSA) is 94.3 Å². The lowest BCUT2D eigenvalue weighted by atomic mass is 10.0. The Kier molecular flexibility index (Phi) is 6.01. The van der Waals surface area contributed by atoms with Gasteiger partial charge in [-0.05, 0) is 39.2 Å². The molecule has 3 rings (SSSR count). The van der Waals surface area contributed by atoms with E-state index in [1.807, 2.05) is 13.8 Å². The van der Waals surface area contributed by atoms with Crippen molar-refractivity contribution in [3.05, 3.63) is 34.2 Å². The first-order valence-corrected chi connectivity index (χ1v) is 9.63. The minimum absolute atomic E-state index is 0.00608. The largest absolute Gasteiger partial charge is 0.479 e. The zero-order valence-corrected chi connectivity index (χ0v) is 16.9. The van der Waals surface area contributed by atoms with Gasteiger partial charge in [0.25, 0.3) is 11.5 Å². The summed E-state index contributed by atoms with van der Waals surface area (Å²) >= 11 is 0. The Morgan fingerprint density at radius 3 is 2.82 bits per heavy atom. The van der Waals surface area contributed by atoms with Gasteiger partial charge in [-0.2, -0.15) is 5.10 Å². The number of carbonyl (C=O) groups is 1. The molecule has 0 bridgehead atoms. The zero-order valence-electron chi connectivity index (χ0n) is 16.9. The highest BCUT2D eigenvalue weighted by Gasteiger charge is 2.26. The number of nitrogens with one attached hydrogen (secondary N) is 1. The lowest BCUT2D eigenvalue weighted by molar-refractivity contribution is 0.0946. The van der Waals surface area contributed by atoms with Crippen molar-refractivity contribution in [1.29, 1.82) is 0 Å². The van der Waals surface area contributed by atoms with Crippen LogP contribution in [-0.2, 0) is 7.05 Å². The van der Waals surface area contributed by atoms with Gasteiger partial charge in [-0.1, -0.05) is 0 Å². The van der Waals surface area contributed by atoms with Crippen LogP contribution in [0.2, 0.25) is 0 Å². The molecule has 1 fully saturated rings. The Balaban J connectivity index is 1.74. The van der Waals surface area contributed by atoms with Gasteiger partial charge in [0.1, 0.15) is 11.4 Å². The number of amides is 1. The van der Waals surface area contributed by atoms with Gasteiger partial charge in [-0.3, -0.25) is 14.3 Å². The fourth-order valence-corrected chi connectivity index (χ4v) is 3.53. The summed E-state index contributed by atoms with van der Waals surface area (Å²) in [6.45, 7) is 5.21. The predicted molar refractivity (Wildman–Crippen MR) is 106 cm³/mol. The van der Waals surface area contributed by atoms with Gasteiger partial charge in [0.05, 0.1) is 13.2 Å². The second kappa shape index (κ2) is 8.45. The van der Waals surface area contributed by atoms with E-state index in [2.05, 4.69) is 20.4 Å². The maximum absolute atomic E-state index is 12.6. The van der Waals surface area contributed by atoms with Crippen LogP contribution in [0.15, 0.2) is 23.1 Å². The molecule has 0 aromatic carbocycles. The normalized spacial score (nSPS) is 17.0. The number of aryl methyl sites for hydroxylation is 1. The fraction of sp³-hybridized carbons (Fsp3) is 0.579. The van der Waals surface area contributed by atoms with E-state index in [4.69, 9.17) is 4.74 Å². The molecule has 1 aliphatic rings. The molecule has 1 unspecified atom stereocenters. The molecule has 0 aliphatic carbocycles. The van der Waals surface area contributed by atoms with Gasteiger partial charge in [-0.15, -0.1) is 5.10 Å². The predicted octanol–water partition coefficient (Wildman–Crippen LogP) is 1.36. The maximum Gasteiger partial charge on any atom is 0.267 e.